The monoisotopic (exact) mass is 259 g/mol. The van der Waals surface area contributed by atoms with Gasteiger partial charge in [-0.3, -0.25) is 0 Å². The van der Waals surface area contributed by atoms with Crippen LogP contribution in [0.5, 0.6) is 5.75 Å². The molecule has 0 bridgehead atoms. The van der Waals surface area contributed by atoms with E-state index in [1.165, 1.54) is 0 Å². The molecule has 0 radical (unpaired) electrons. The quantitative estimate of drug-likeness (QED) is 0.839. The molecule has 1 N–H and O–H groups in total. The van der Waals surface area contributed by atoms with E-state index < -0.39 is 5.76 Å². The summed E-state index contributed by atoms with van der Waals surface area (Å²) in [4.78, 5) is 0.548. The van der Waals surface area contributed by atoms with Gasteiger partial charge in [0.25, 0.3) is 5.76 Å². The van der Waals surface area contributed by atoms with Crippen LogP contribution in [0.3, 0.4) is 0 Å². The molecule has 1 fully saturated rings. The van der Waals surface area contributed by atoms with E-state index in [0.717, 1.165) is 25.9 Å². The summed E-state index contributed by atoms with van der Waals surface area (Å²) in [6.07, 6.45) is 2.13. The summed E-state index contributed by atoms with van der Waals surface area (Å²) < 4.78 is 30.2. The summed E-state index contributed by atoms with van der Waals surface area (Å²) in [6, 6.07) is 6.92. The van der Waals surface area contributed by atoms with Crippen LogP contribution in [-0.2, 0) is 0 Å². The van der Waals surface area contributed by atoms with Crippen LogP contribution in [0.25, 0.3) is 0 Å². The van der Waals surface area contributed by atoms with Crippen molar-refractivity contribution in [3.63, 3.8) is 0 Å². The number of thioether (sulfide) groups is 1. The molecule has 1 heterocycles. The van der Waals surface area contributed by atoms with E-state index in [1.807, 2.05) is 6.07 Å². The molecule has 94 valence electrons. The number of piperidine rings is 1. The number of nitrogens with one attached hydrogen (secondary N) is 1. The lowest BCUT2D eigenvalue weighted by Crippen LogP contribution is -2.34. The maximum Gasteiger partial charge on any atom is 0.288 e. The van der Waals surface area contributed by atoms with Gasteiger partial charge in [0.1, 0.15) is 11.9 Å². The summed E-state index contributed by atoms with van der Waals surface area (Å²) in [5.74, 6) is -1.70. The molecular weight excluding hydrogens is 244 g/mol. The van der Waals surface area contributed by atoms with Crippen molar-refractivity contribution in [1.29, 1.82) is 0 Å². The molecule has 0 atom stereocenters. The van der Waals surface area contributed by atoms with Gasteiger partial charge in [-0.15, -0.1) is 0 Å². The molecule has 1 saturated heterocycles. The largest absolute Gasteiger partial charge is 0.490 e. The van der Waals surface area contributed by atoms with Gasteiger partial charge in [0.15, 0.2) is 0 Å². The Kier molecular flexibility index (Phi) is 4.62. The maximum atomic E-state index is 12.2. The number of alkyl halides is 2. The summed E-state index contributed by atoms with van der Waals surface area (Å²) >= 11 is 0.549. The zero-order valence-corrected chi connectivity index (χ0v) is 10.2. The summed E-state index contributed by atoms with van der Waals surface area (Å²) in [7, 11) is 0. The van der Waals surface area contributed by atoms with Crippen molar-refractivity contribution in [2.45, 2.75) is 29.6 Å². The van der Waals surface area contributed by atoms with E-state index in [4.69, 9.17) is 4.74 Å². The van der Waals surface area contributed by atoms with Gasteiger partial charge in [-0.05, 0) is 44.1 Å². The van der Waals surface area contributed by atoms with E-state index in [1.54, 1.807) is 18.2 Å². The zero-order chi connectivity index (χ0) is 12.1. The Morgan fingerprint density at radius 1 is 1.29 bits per heavy atom. The normalized spacial score (nSPS) is 17.4. The van der Waals surface area contributed by atoms with Crippen molar-refractivity contribution in [1.82, 2.24) is 5.32 Å². The van der Waals surface area contributed by atoms with Gasteiger partial charge >= 0.3 is 0 Å². The van der Waals surface area contributed by atoms with Crippen molar-refractivity contribution < 1.29 is 13.5 Å². The fourth-order valence-electron chi connectivity index (χ4n) is 1.83. The molecule has 2 rings (SSSR count). The Bertz CT molecular complexity index is 356. The smallest absolute Gasteiger partial charge is 0.288 e. The molecule has 17 heavy (non-hydrogen) atoms. The minimum atomic E-state index is -2.39. The number of hydrogen-bond acceptors (Lipinski definition) is 3. The van der Waals surface area contributed by atoms with Crippen molar-refractivity contribution in [2.24, 2.45) is 0 Å². The molecule has 0 spiro atoms. The molecule has 0 saturated carbocycles. The van der Waals surface area contributed by atoms with E-state index >= 15 is 0 Å². The van der Waals surface area contributed by atoms with Crippen LogP contribution >= 0.6 is 11.8 Å². The first-order chi connectivity index (χ1) is 8.24. The lowest BCUT2D eigenvalue weighted by molar-refractivity contribution is 0.162. The number of benzene rings is 1. The van der Waals surface area contributed by atoms with Crippen LogP contribution in [0.2, 0.25) is 0 Å². The highest BCUT2D eigenvalue weighted by Gasteiger charge is 2.14. The van der Waals surface area contributed by atoms with Crippen molar-refractivity contribution in [3.8, 4) is 5.75 Å². The van der Waals surface area contributed by atoms with E-state index in [0.29, 0.717) is 22.4 Å². The number of rotatable bonds is 4. The number of ether oxygens (including phenoxy) is 1. The number of hydrogen-bond donors (Lipinski definition) is 1. The minimum Gasteiger partial charge on any atom is -0.490 e. The van der Waals surface area contributed by atoms with Crippen molar-refractivity contribution in [3.05, 3.63) is 24.3 Å². The maximum absolute atomic E-state index is 12.2. The topological polar surface area (TPSA) is 21.3 Å². The standard InChI is InChI=1S/C12H15F2NOS/c13-12(14)17-11-3-1-2-10(8-11)16-9-4-6-15-7-5-9/h1-3,8-9,12,15H,4-7H2. The Labute approximate surface area is 104 Å². The molecule has 1 aliphatic rings. The molecule has 1 aromatic carbocycles. The Balaban J connectivity index is 1.95. The lowest BCUT2D eigenvalue weighted by Gasteiger charge is -2.24. The first kappa shape index (κ1) is 12.6. The van der Waals surface area contributed by atoms with E-state index in [2.05, 4.69) is 5.32 Å². The summed E-state index contributed by atoms with van der Waals surface area (Å²) in [6.45, 7) is 1.91. The van der Waals surface area contributed by atoms with Gasteiger partial charge in [0.2, 0.25) is 0 Å². The predicted molar refractivity (Wildman–Crippen MR) is 64.8 cm³/mol. The van der Waals surface area contributed by atoms with Gasteiger partial charge in [0, 0.05) is 4.90 Å². The average molecular weight is 259 g/mol. The second-order valence-corrected chi connectivity index (χ2v) is 4.98. The molecule has 5 heteroatoms. The van der Waals surface area contributed by atoms with Gasteiger partial charge in [0.05, 0.1) is 0 Å². The highest BCUT2D eigenvalue weighted by atomic mass is 32.2. The first-order valence-corrected chi connectivity index (χ1v) is 6.54. The third kappa shape index (κ3) is 4.16. The van der Waals surface area contributed by atoms with Gasteiger partial charge in [-0.25, -0.2) is 0 Å². The third-order valence-electron chi connectivity index (χ3n) is 2.62. The van der Waals surface area contributed by atoms with Crippen LogP contribution in [0, 0.1) is 0 Å². The zero-order valence-electron chi connectivity index (χ0n) is 9.36. The Morgan fingerprint density at radius 2 is 2.06 bits per heavy atom. The van der Waals surface area contributed by atoms with E-state index in [-0.39, 0.29) is 6.10 Å². The SMILES string of the molecule is FC(F)Sc1cccc(OC2CCNCC2)c1. The molecular formula is C12H15F2NOS. The van der Waals surface area contributed by atoms with Gasteiger partial charge < -0.3 is 10.1 Å². The molecule has 0 aromatic heterocycles. The molecule has 1 aliphatic heterocycles. The molecule has 1 aromatic rings. The van der Waals surface area contributed by atoms with Crippen LogP contribution in [0.15, 0.2) is 29.2 Å². The summed E-state index contributed by atoms with van der Waals surface area (Å²) in [5.41, 5.74) is 0. The van der Waals surface area contributed by atoms with Crippen molar-refractivity contribution in [2.75, 3.05) is 13.1 Å². The number of halogens is 2. The molecule has 0 unspecified atom stereocenters. The molecule has 0 aliphatic carbocycles. The fraction of sp³-hybridized carbons (Fsp3) is 0.500. The molecule has 2 nitrogen and oxygen atoms in total. The van der Waals surface area contributed by atoms with E-state index in [9.17, 15) is 8.78 Å². The van der Waals surface area contributed by atoms with Crippen LogP contribution < -0.4 is 10.1 Å². The highest BCUT2D eigenvalue weighted by Crippen LogP contribution is 2.28. The second-order valence-electron chi connectivity index (χ2n) is 3.92. The van der Waals surface area contributed by atoms with Crippen molar-refractivity contribution >= 4 is 11.8 Å². The van der Waals surface area contributed by atoms with Gasteiger partial charge in [-0.1, -0.05) is 17.8 Å². The van der Waals surface area contributed by atoms with Crippen LogP contribution in [-0.4, -0.2) is 25.0 Å². The Hall–Kier alpha value is -0.810. The summed E-state index contributed by atoms with van der Waals surface area (Å²) in [5, 5.41) is 3.25. The molecule has 0 amide bonds. The Morgan fingerprint density at radius 3 is 2.76 bits per heavy atom. The van der Waals surface area contributed by atoms with Crippen LogP contribution in [0.4, 0.5) is 8.78 Å². The highest BCUT2D eigenvalue weighted by molar-refractivity contribution is 7.99. The second kappa shape index (κ2) is 6.21. The van der Waals surface area contributed by atoms with Crippen LogP contribution in [0.1, 0.15) is 12.8 Å². The third-order valence-corrected chi connectivity index (χ3v) is 3.32. The average Bonchev–Trinajstić information content (AvgIpc) is 2.30. The fourth-order valence-corrected chi connectivity index (χ4v) is 2.38. The predicted octanol–water partition coefficient (Wildman–Crippen LogP) is 3.13. The lowest BCUT2D eigenvalue weighted by atomic mass is 10.1. The first-order valence-electron chi connectivity index (χ1n) is 5.66. The van der Waals surface area contributed by atoms with Gasteiger partial charge in [-0.2, -0.15) is 8.78 Å². The minimum absolute atomic E-state index is 0.197.